The van der Waals surface area contributed by atoms with Crippen LogP contribution in [0.2, 0.25) is 0 Å². The summed E-state index contributed by atoms with van der Waals surface area (Å²) >= 11 is 0. The normalized spacial score (nSPS) is 17.8. The van der Waals surface area contributed by atoms with Crippen LogP contribution in [0.15, 0.2) is 23.1 Å². The largest absolute Gasteiger partial charge is 0.331 e. The Morgan fingerprint density at radius 3 is 2.63 bits per heavy atom. The Morgan fingerprint density at radius 1 is 1.42 bits per heavy atom. The van der Waals surface area contributed by atoms with Gasteiger partial charge in [-0.05, 0) is 25.0 Å². The first-order valence-corrected chi connectivity index (χ1v) is 8.14. The summed E-state index contributed by atoms with van der Waals surface area (Å²) < 4.78 is 25.6. The Hall–Kier alpha value is -1.40. The van der Waals surface area contributed by atoms with E-state index in [0.717, 1.165) is 24.2 Å². The molecule has 1 aliphatic rings. The monoisotopic (exact) mass is 279 g/mol. The van der Waals surface area contributed by atoms with Crippen LogP contribution in [0.5, 0.6) is 0 Å². The molecule has 0 radical (unpaired) electrons. The average Bonchev–Trinajstić information content (AvgIpc) is 3.08. The van der Waals surface area contributed by atoms with Crippen LogP contribution in [0.4, 0.5) is 0 Å². The van der Waals surface area contributed by atoms with Crippen LogP contribution in [0.25, 0.3) is 11.0 Å². The van der Waals surface area contributed by atoms with Crippen molar-refractivity contribution < 1.29 is 8.42 Å². The lowest BCUT2D eigenvalue weighted by Crippen LogP contribution is -2.23. The smallest absolute Gasteiger partial charge is 0.177 e. The topological polar surface area (TPSA) is 78.0 Å². The molecule has 3 rings (SSSR count). The number of hydrogen-bond donors (Lipinski definition) is 1. The van der Waals surface area contributed by atoms with Crippen LogP contribution in [-0.4, -0.2) is 30.8 Å². The van der Waals surface area contributed by atoms with E-state index in [2.05, 4.69) is 4.98 Å². The SMILES string of the molecule is Cn1c(C2(CN)CC2)nc2c(S(C)(=O)=O)cccc21. The summed E-state index contributed by atoms with van der Waals surface area (Å²) in [5.74, 6) is 0.904. The zero-order chi connectivity index (χ0) is 13.8. The molecule has 6 heteroatoms. The highest BCUT2D eigenvalue weighted by Gasteiger charge is 2.46. The summed E-state index contributed by atoms with van der Waals surface area (Å²) in [6.07, 6.45) is 3.26. The Kier molecular flexibility index (Phi) is 2.53. The molecule has 5 nitrogen and oxygen atoms in total. The predicted molar refractivity (Wildman–Crippen MR) is 73.8 cm³/mol. The van der Waals surface area contributed by atoms with Crippen LogP contribution in [0, 0.1) is 0 Å². The maximum atomic E-state index is 11.8. The van der Waals surface area contributed by atoms with E-state index in [1.54, 1.807) is 12.1 Å². The first-order valence-electron chi connectivity index (χ1n) is 6.25. The number of aryl methyl sites for hydroxylation is 1. The highest BCUT2D eigenvalue weighted by atomic mass is 32.2. The number of hydrogen-bond acceptors (Lipinski definition) is 4. The van der Waals surface area contributed by atoms with Crippen molar-refractivity contribution in [3.05, 3.63) is 24.0 Å². The molecule has 2 N–H and O–H groups in total. The highest BCUT2D eigenvalue weighted by Crippen LogP contribution is 2.47. The quantitative estimate of drug-likeness (QED) is 0.908. The van der Waals surface area contributed by atoms with Gasteiger partial charge in [-0.15, -0.1) is 0 Å². The third kappa shape index (κ3) is 1.78. The van der Waals surface area contributed by atoms with Crippen molar-refractivity contribution in [3.8, 4) is 0 Å². The van der Waals surface area contributed by atoms with Gasteiger partial charge in [0.25, 0.3) is 0 Å². The molecule has 0 spiro atoms. The van der Waals surface area contributed by atoms with Crippen LogP contribution < -0.4 is 5.73 Å². The Bertz CT molecular complexity index is 758. The number of fused-ring (bicyclic) bond motifs is 1. The number of sulfone groups is 1. The summed E-state index contributed by atoms with van der Waals surface area (Å²) in [4.78, 5) is 4.88. The minimum atomic E-state index is -3.27. The molecule has 0 aliphatic heterocycles. The van der Waals surface area contributed by atoms with E-state index in [-0.39, 0.29) is 5.41 Å². The molecule has 102 valence electrons. The van der Waals surface area contributed by atoms with Gasteiger partial charge >= 0.3 is 0 Å². The maximum absolute atomic E-state index is 11.8. The van der Waals surface area contributed by atoms with E-state index in [9.17, 15) is 8.42 Å². The summed E-state index contributed by atoms with van der Waals surface area (Å²) in [5.41, 5.74) is 7.19. The fraction of sp³-hybridized carbons (Fsp3) is 0.462. The fourth-order valence-corrected chi connectivity index (χ4v) is 3.46. The molecular weight excluding hydrogens is 262 g/mol. The third-order valence-corrected chi connectivity index (χ3v) is 5.12. The van der Waals surface area contributed by atoms with Gasteiger partial charge in [-0.1, -0.05) is 6.07 Å². The number of nitrogens with zero attached hydrogens (tertiary/aromatic N) is 2. The fourth-order valence-electron chi connectivity index (χ4n) is 2.63. The summed E-state index contributed by atoms with van der Waals surface area (Å²) in [6.45, 7) is 0.554. The molecule has 0 atom stereocenters. The molecule has 0 bridgehead atoms. The van der Waals surface area contributed by atoms with Gasteiger partial charge in [-0.2, -0.15) is 0 Å². The number of benzene rings is 1. The minimum absolute atomic E-state index is 0.0530. The zero-order valence-corrected chi connectivity index (χ0v) is 11.9. The first kappa shape index (κ1) is 12.6. The highest BCUT2D eigenvalue weighted by molar-refractivity contribution is 7.91. The number of aromatic nitrogens is 2. The summed E-state index contributed by atoms with van der Waals surface area (Å²) in [5, 5.41) is 0. The molecule has 1 saturated carbocycles. The minimum Gasteiger partial charge on any atom is -0.331 e. The second kappa shape index (κ2) is 3.80. The summed E-state index contributed by atoms with van der Waals surface area (Å²) in [7, 11) is -1.35. The predicted octanol–water partition coefficient (Wildman–Crippen LogP) is 0.967. The molecular formula is C13H17N3O2S. The van der Waals surface area contributed by atoms with Crippen molar-refractivity contribution >= 4 is 20.9 Å². The molecule has 0 unspecified atom stereocenters. The van der Waals surface area contributed by atoms with Crippen molar-refractivity contribution in [3.63, 3.8) is 0 Å². The number of rotatable bonds is 3. The molecule has 1 aromatic heterocycles. The first-order chi connectivity index (χ1) is 8.89. The Balaban J connectivity index is 2.33. The van der Waals surface area contributed by atoms with Crippen LogP contribution in [0.1, 0.15) is 18.7 Å². The van der Waals surface area contributed by atoms with Gasteiger partial charge in [0.1, 0.15) is 11.3 Å². The lowest BCUT2D eigenvalue weighted by molar-refractivity contribution is 0.602. The van der Waals surface area contributed by atoms with Crippen LogP contribution in [-0.2, 0) is 22.3 Å². The van der Waals surface area contributed by atoms with Crippen LogP contribution >= 0.6 is 0 Å². The van der Waals surface area contributed by atoms with Gasteiger partial charge in [-0.3, -0.25) is 0 Å². The van der Waals surface area contributed by atoms with Crippen LogP contribution in [0.3, 0.4) is 0 Å². The molecule has 1 fully saturated rings. The van der Waals surface area contributed by atoms with E-state index in [4.69, 9.17) is 5.73 Å². The number of para-hydroxylation sites is 1. The van der Waals surface area contributed by atoms with E-state index in [0.29, 0.717) is 17.0 Å². The van der Waals surface area contributed by atoms with Crippen molar-refractivity contribution in [2.45, 2.75) is 23.2 Å². The molecule has 19 heavy (non-hydrogen) atoms. The average molecular weight is 279 g/mol. The zero-order valence-electron chi connectivity index (χ0n) is 11.0. The van der Waals surface area contributed by atoms with Crippen molar-refractivity contribution in [2.75, 3.05) is 12.8 Å². The lowest BCUT2D eigenvalue weighted by Gasteiger charge is -2.11. The van der Waals surface area contributed by atoms with E-state index < -0.39 is 9.84 Å². The van der Waals surface area contributed by atoms with Gasteiger partial charge in [0, 0.05) is 25.3 Å². The van der Waals surface area contributed by atoms with E-state index in [1.165, 1.54) is 6.26 Å². The number of nitrogens with two attached hydrogens (primary N) is 1. The molecule has 1 aromatic carbocycles. The molecule has 2 aromatic rings. The maximum Gasteiger partial charge on any atom is 0.177 e. The van der Waals surface area contributed by atoms with E-state index in [1.807, 2.05) is 17.7 Å². The van der Waals surface area contributed by atoms with Gasteiger partial charge in [0.05, 0.1) is 10.4 Å². The van der Waals surface area contributed by atoms with Gasteiger partial charge in [0.15, 0.2) is 9.84 Å². The molecule has 1 aliphatic carbocycles. The lowest BCUT2D eigenvalue weighted by atomic mass is 10.1. The third-order valence-electron chi connectivity index (χ3n) is 3.99. The van der Waals surface area contributed by atoms with Crippen molar-refractivity contribution in [1.82, 2.24) is 9.55 Å². The number of imidazole rings is 1. The van der Waals surface area contributed by atoms with Gasteiger partial charge in [-0.25, -0.2) is 13.4 Å². The van der Waals surface area contributed by atoms with Crippen molar-refractivity contribution in [1.29, 1.82) is 0 Å². The molecule has 1 heterocycles. The second-order valence-electron chi connectivity index (χ2n) is 5.37. The Morgan fingerprint density at radius 2 is 2.11 bits per heavy atom. The standard InChI is InChI=1S/C13H17N3O2S/c1-16-9-4-3-5-10(19(2,17)18)11(9)15-12(16)13(8-14)6-7-13/h3-5H,6-8,14H2,1-2H3. The molecule has 0 amide bonds. The second-order valence-corrected chi connectivity index (χ2v) is 7.36. The Labute approximate surface area is 112 Å². The van der Waals surface area contributed by atoms with Gasteiger partial charge in [0.2, 0.25) is 0 Å². The summed E-state index contributed by atoms with van der Waals surface area (Å²) in [6, 6.07) is 5.26. The molecule has 0 saturated heterocycles. The van der Waals surface area contributed by atoms with Gasteiger partial charge < -0.3 is 10.3 Å². The van der Waals surface area contributed by atoms with Crippen molar-refractivity contribution in [2.24, 2.45) is 12.8 Å². The van der Waals surface area contributed by atoms with E-state index >= 15 is 0 Å².